The predicted octanol–water partition coefficient (Wildman–Crippen LogP) is 4.09. The minimum absolute atomic E-state index is 0.0188. The molecule has 1 aromatic rings. The number of halogens is 2. The molecule has 1 aromatic heterocycles. The summed E-state index contributed by atoms with van der Waals surface area (Å²) in [7, 11) is 0. The van der Waals surface area contributed by atoms with Crippen molar-refractivity contribution in [3.05, 3.63) is 32.5 Å². The number of aryl methyl sites for hydroxylation is 1. The van der Waals surface area contributed by atoms with Crippen LogP contribution in [0.15, 0.2) is 18.2 Å². The van der Waals surface area contributed by atoms with E-state index >= 15 is 0 Å². The number of aliphatic hydroxyl groups is 3. The van der Waals surface area contributed by atoms with Crippen LogP contribution in [0.5, 0.6) is 0 Å². The molecule has 0 saturated heterocycles. The number of nitrogens with two attached hydrogens (primary N) is 1. The van der Waals surface area contributed by atoms with Gasteiger partial charge in [0.1, 0.15) is 0 Å². The third kappa shape index (κ3) is 8.19. The summed E-state index contributed by atoms with van der Waals surface area (Å²) in [6.07, 6.45) is 7.86. The average Bonchev–Trinajstić information content (AvgIpc) is 3.11. The fourth-order valence-corrected chi connectivity index (χ4v) is 5.61. The van der Waals surface area contributed by atoms with Gasteiger partial charge >= 0.3 is 0 Å². The van der Waals surface area contributed by atoms with Crippen molar-refractivity contribution in [3.63, 3.8) is 0 Å². The zero-order valence-corrected chi connectivity index (χ0v) is 18.8. The lowest BCUT2D eigenvalue weighted by Crippen LogP contribution is -2.23. The molecule has 5 atom stereocenters. The SMILES string of the molecule is NC(=O)CCC/C=C/C[C@@H]1[C@@H](CC[C@@H](O)CCc2cc(Cl)sc2Cl)[C@H](O)C[C@@H]1O. The molecule has 29 heavy (non-hydrogen) atoms. The van der Waals surface area contributed by atoms with E-state index in [-0.39, 0.29) is 17.7 Å². The number of aliphatic hydroxyl groups excluding tert-OH is 3. The van der Waals surface area contributed by atoms with Crippen molar-refractivity contribution in [2.24, 2.45) is 17.6 Å². The molecule has 1 aliphatic carbocycles. The Labute approximate surface area is 186 Å². The van der Waals surface area contributed by atoms with Gasteiger partial charge in [0.15, 0.2) is 0 Å². The molecule has 2 rings (SSSR count). The van der Waals surface area contributed by atoms with Crippen molar-refractivity contribution in [2.45, 2.75) is 76.1 Å². The van der Waals surface area contributed by atoms with E-state index in [1.807, 2.05) is 18.2 Å². The largest absolute Gasteiger partial charge is 0.393 e. The quantitative estimate of drug-likeness (QED) is 0.276. The number of carbonyl (C=O) groups is 1. The maximum Gasteiger partial charge on any atom is 0.217 e. The fraction of sp³-hybridized carbons (Fsp3) is 0.667. The standard InChI is InChI=1S/C21H31Cl2NO4S/c22-19-11-13(21(23)29-19)7-8-14(25)9-10-16-15(17(26)12-18(16)27)5-3-1-2-4-6-20(24)28/h1,3,11,14-18,25-27H,2,4-10,12H2,(H2,24,28)/b3-1+/t14-,15+,16+,17-,18+/m0/s1. The summed E-state index contributed by atoms with van der Waals surface area (Å²) in [6.45, 7) is 0. The number of carbonyl (C=O) groups excluding carboxylic acids is 1. The molecule has 5 nitrogen and oxygen atoms in total. The number of unbranched alkanes of at least 4 members (excludes halogenated alkanes) is 1. The highest BCUT2D eigenvalue weighted by Crippen LogP contribution is 2.39. The summed E-state index contributed by atoms with van der Waals surface area (Å²) in [5.41, 5.74) is 6.08. The van der Waals surface area contributed by atoms with E-state index in [4.69, 9.17) is 28.9 Å². The molecule has 0 aliphatic heterocycles. The highest BCUT2D eigenvalue weighted by molar-refractivity contribution is 7.20. The van der Waals surface area contributed by atoms with Gasteiger partial charge < -0.3 is 21.1 Å². The minimum atomic E-state index is -0.546. The number of allylic oxidation sites excluding steroid dienone is 2. The summed E-state index contributed by atoms with van der Waals surface area (Å²) < 4.78 is 1.31. The summed E-state index contributed by atoms with van der Waals surface area (Å²) in [5, 5.41) is 31.0. The number of rotatable bonds is 12. The molecule has 164 valence electrons. The molecule has 0 bridgehead atoms. The van der Waals surface area contributed by atoms with Crippen LogP contribution in [0.25, 0.3) is 0 Å². The first-order valence-electron chi connectivity index (χ1n) is 10.2. The molecule has 8 heteroatoms. The van der Waals surface area contributed by atoms with Crippen molar-refractivity contribution >= 4 is 40.4 Å². The molecule has 5 N–H and O–H groups in total. The van der Waals surface area contributed by atoms with E-state index in [0.29, 0.717) is 53.6 Å². The predicted molar refractivity (Wildman–Crippen MR) is 118 cm³/mol. The lowest BCUT2D eigenvalue weighted by Gasteiger charge is -2.23. The van der Waals surface area contributed by atoms with E-state index in [1.165, 1.54) is 11.3 Å². The maximum atomic E-state index is 10.7. The monoisotopic (exact) mass is 463 g/mol. The van der Waals surface area contributed by atoms with Gasteiger partial charge in [-0.15, -0.1) is 11.3 Å². The minimum Gasteiger partial charge on any atom is -0.393 e. The Hall–Kier alpha value is -0.630. The molecule has 1 aliphatic rings. The van der Waals surface area contributed by atoms with E-state index < -0.39 is 18.3 Å². The molecule has 0 aromatic carbocycles. The van der Waals surface area contributed by atoms with Crippen molar-refractivity contribution in [2.75, 3.05) is 0 Å². The van der Waals surface area contributed by atoms with Gasteiger partial charge in [-0.2, -0.15) is 0 Å². The molecular formula is C21H31Cl2NO4S. The summed E-state index contributed by atoms with van der Waals surface area (Å²) in [4.78, 5) is 10.7. The molecule has 0 unspecified atom stereocenters. The Kier molecular flexibility index (Phi) is 10.4. The number of primary amides is 1. The molecule has 0 spiro atoms. The first kappa shape index (κ1) is 24.6. The second-order valence-electron chi connectivity index (χ2n) is 7.88. The van der Waals surface area contributed by atoms with Crippen molar-refractivity contribution < 1.29 is 20.1 Å². The van der Waals surface area contributed by atoms with E-state index in [2.05, 4.69) is 0 Å². The number of hydrogen-bond acceptors (Lipinski definition) is 5. The van der Waals surface area contributed by atoms with Crippen LogP contribution < -0.4 is 5.73 Å². The van der Waals surface area contributed by atoms with Gasteiger partial charge in [-0.3, -0.25) is 4.79 Å². The Morgan fingerprint density at radius 3 is 2.62 bits per heavy atom. The third-order valence-electron chi connectivity index (χ3n) is 5.70. The summed E-state index contributed by atoms with van der Waals surface area (Å²) in [5.74, 6) is -0.348. The van der Waals surface area contributed by atoms with Crippen LogP contribution in [0.3, 0.4) is 0 Å². The maximum absolute atomic E-state index is 10.7. The highest BCUT2D eigenvalue weighted by atomic mass is 35.5. The topological polar surface area (TPSA) is 104 Å². The fourth-order valence-electron chi connectivity index (χ4n) is 4.07. The van der Waals surface area contributed by atoms with E-state index in [1.54, 1.807) is 0 Å². The average molecular weight is 464 g/mol. The molecule has 1 fully saturated rings. The van der Waals surface area contributed by atoms with Gasteiger partial charge in [-0.1, -0.05) is 35.4 Å². The van der Waals surface area contributed by atoms with Gasteiger partial charge in [-0.25, -0.2) is 0 Å². The zero-order valence-electron chi connectivity index (χ0n) is 16.5. The third-order valence-corrected chi connectivity index (χ3v) is 7.27. The van der Waals surface area contributed by atoms with Crippen molar-refractivity contribution in [3.8, 4) is 0 Å². The first-order valence-corrected chi connectivity index (χ1v) is 11.8. The second-order valence-corrected chi connectivity index (χ2v) is 10.2. The lowest BCUT2D eigenvalue weighted by molar-refractivity contribution is -0.118. The number of hydrogen-bond donors (Lipinski definition) is 4. The summed E-state index contributed by atoms with van der Waals surface area (Å²) >= 11 is 13.4. The van der Waals surface area contributed by atoms with E-state index in [9.17, 15) is 20.1 Å². The van der Waals surface area contributed by atoms with Gasteiger partial charge in [0.2, 0.25) is 5.91 Å². The van der Waals surface area contributed by atoms with Gasteiger partial charge in [0, 0.05) is 6.42 Å². The smallest absolute Gasteiger partial charge is 0.217 e. The number of amides is 1. The Morgan fingerprint density at radius 1 is 1.24 bits per heavy atom. The van der Waals surface area contributed by atoms with Gasteiger partial charge in [0.05, 0.1) is 27.0 Å². The summed E-state index contributed by atoms with van der Waals surface area (Å²) in [6, 6.07) is 1.84. The van der Waals surface area contributed by atoms with Crippen LogP contribution in [0.1, 0.15) is 56.9 Å². The van der Waals surface area contributed by atoms with Crippen LogP contribution in [0.2, 0.25) is 8.67 Å². The molecule has 1 heterocycles. The molecular weight excluding hydrogens is 433 g/mol. The Balaban J connectivity index is 1.76. The van der Waals surface area contributed by atoms with Crippen LogP contribution in [0, 0.1) is 11.8 Å². The van der Waals surface area contributed by atoms with Crippen LogP contribution in [-0.2, 0) is 11.2 Å². The molecule has 1 amide bonds. The second kappa shape index (κ2) is 12.3. The van der Waals surface area contributed by atoms with Crippen LogP contribution in [0.4, 0.5) is 0 Å². The van der Waals surface area contributed by atoms with E-state index in [0.717, 1.165) is 18.4 Å². The van der Waals surface area contributed by atoms with Gasteiger partial charge in [-0.05, 0) is 74.8 Å². The van der Waals surface area contributed by atoms with Gasteiger partial charge in [0.25, 0.3) is 0 Å². The Morgan fingerprint density at radius 2 is 1.97 bits per heavy atom. The molecule has 1 saturated carbocycles. The zero-order chi connectivity index (χ0) is 21.4. The Bertz CT molecular complexity index is 682. The molecule has 0 radical (unpaired) electrons. The first-order chi connectivity index (χ1) is 13.8. The lowest BCUT2D eigenvalue weighted by atomic mass is 9.85. The van der Waals surface area contributed by atoms with Crippen LogP contribution in [-0.4, -0.2) is 39.5 Å². The van der Waals surface area contributed by atoms with Crippen molar-refractivity contribution in [1.29, 1.82) is 0 Å². The van der Waals surface area contributed by atoms with Crippen molar-refractivity contribution in [1.82, 2.24) is 0 Å². The highest BCUT2D eigenvalue weighted by Gasteiger charge is 2.40. The van der Waals surface area contributed by atoms with Crippen LogP contribution >= 0.6 is 34.5 Å². The normalized spacial score (nSPS) is 25.7. The number of thiophene rings is 1.